The minimum atomic E-state index is -0.648. The van der Waals surface area contributed by atoms with Crippen molar-refractivity contribution in [2.24, 2.45) is 0 Å². The van der Waals surface area contributed by atoms with E-state index in [4.69, 9.17) is 14.5 Å². The van der Waals surface area contributed by atoms with Gasteiger partial charge in [-0.1, -0.05) is 24.3 Å². The van der Waals surface area contributed by atoms with Gasteiger partial charge in [0, 0.05) is 45.3 Å². The topological polar surface area (TPSA) is 78.4 Å². The summed E-state index contributed by atoms with van der Waals surface area (Å²) >= 11 is 0. The van der Waals surface area contributed by atoms with Gasteiger partial charge in [0.2, 0.25) is 5.88 Å². The smallest absolute Gasteiger partial charge is 0.259 e. The van der Waals surface area contributed by atoms with Crippen LogP contribution in [0.3, 0.4) is 0 Å². The Balaban J connectivity index is 1.28. The molecule has 1 N–H and O–H groups in total. The summed E-state index contributed by atoms with van der Waals surface area (Å²) < 4.78 is 11.8. The van der Waals surface area contributed by atoms with Crippen molar-refractivity contribution in [1.82, 2.24) is 19.7 Å². The van der Waals surface area contributed by atoms with Gasteiger partial charge in [0.05, 0.1) is 31.6 Å². The molecule has 3 aliphatic heterocycles. The monoisotopic (exact) mass is 494 g/mol. The normalized spacial score (nSPS) is 22.2. The molecular formula is C28H38N4O4. The van der Waals surface area contributed by atoms with Crippen LogP contribution in [0.25, 0.3) is 0 Å². The quantitative estimate of drug-likeness (QED) is 0.661. The molecule has 5 rings (SSSR count). The van der Waals surface area contributed by atoms with E-state index in [9.17, 15) is 9.90 Å². The van der Waals surface area contributed by atoms with Crippen LogP contribution in [0.2, 0.25) is 0 Å². The second-order valence-corrected chi connectivity index (χ2v) is 10.9. The Morgan fingerprint density at radius 2 is 1.81 bits per heavy atom. The Morgan fingerprint density at radius 1 is 1.06 bits per heavy atom. The van der Waals surface area contributed by atoms with Crippen LogP contribution in [-0.4, -0.2) is 94.9 Å². The number of aliphatic hydroxyl groups is 1. The number of pyridine rings is 1. The van der Waals surface area contributed by atoms with Crippen molar-refractivity contribution in [3.63, 3.8) is 0 Å². The first-order valence-corrected chi connectivity index (χ1v) is 13.1. The summed E-state index contributed by atoms with van der Waals surface area (Å²) in [7, 11) is 0. The highest BCUT2D eigenvalue weighted by Crippen LogP contribution is 2.31. The van der Waals surface area contributed by atoms with E-state index in [0.717, 1.165) is 51.5 Å². The molecule has 194 valence electrons. The van der Waals surface area contributed by atoms with E-state index in [1.165, 1.54) is 11.1 Å². The highest BCUT2D eigenvalue weighted by molar-refractivity contribution is 5.96. The molecule has 0 aliphatic carbocycles. The number of benzene rings is 1. The predicted molar refractivity (Wildman–Crippen MR) is 137 cm³/mol. The minimum Gasteiger partial charge on any atom is -0.469 e. The number of β-amino-alcohol motifs (C(OH)–C–C–N with tert-alkyl or cyclic N) is 1. The molecule has 8 nitrogen and oxygen atoms in total. The predicted octanol–water partition coefficient (Wildman–Crippen LogP) is 2.51. The van der Waals surface area contributed by atoms with E-state index in [2.05, 4.69) is 41.0 Å². The number of fused-ring (bicyclic) bond motifs is 2. The average Bonchev–Trinajstić information content (AvgIpc) is 2.96. The molecule has 2 aromatic rings. The van der Waals surface area contributed by atoms with Gasteiger partial charge in [0.25, 0.3) is 5.91 Å². The van der Waals surface area contributed by atoms with Gasteiger partial charge in [-0.3, -0.25) is 14.6 Å². The maximum atomic E-state index is 13.6. The summed E-state index contributed by atoms with van der Waals surface area (Å²) in [6, 6.07) is 12.4. The third kappa shape index (κ3) is 5.57. The summed E-state index contributed by atoms with van der Waals surface area (Å²) in [5.74, 6) is 0.240. The van der Waals surface area contributed by atoms with Crippen LogP contribution in [0.15, 0.2) is 36.4 Å². The molecule has 2 atom stereocenters. The second-order valence-electron chi connectivity index (χ2n) is 10.9. The first-order chi connectivity index (χ1) is 17.3. The zero-order chi connectivity index (χ0) is 25.3. The van der Waals surface area contributed by atoms with Gasteiger partial charge in [0.15, 0.2) is 0 Å². The molecule has 1 amide bonds. The van der Waals surface area contributed by atoms with Gasteiger partial charge >= 0.3 is 0 Å². The van der Waals surface area contributed by atoms with Gasteiger partial charge in [0.1, 0.15) is 11.2 Å². The Bertz CT molecular complexity index is 1080. The van der Waals surface area contributed by atoms with E-state index in [1.54, 1.807) is 4.90 Å². The number of aliphatic hydroxyl groups excluding tert-OH is 1. The minimum absolute atomic E-state index is 0.108. The van der Waals surface area contributed by atoms with E-state index >= 15 is 0 Å². The maximum absolute atomic E-state index is 13.6. The van der Waals surface area contributed by atoms with Crippen LogP contribution in [-0.2, 0) is 17.7 Å². The standard InChI is InChI=1S/C28H38N4O4/c1-20(31-12-14-35-15-13-31)25-9-8-24-26(29-25)36-28(2,3)19-32(27(24)34)18-23(33)17-30-11-10-21-6-4-5-7-22(21)16-30/h4-9,20,23,33H,10-19H2,1-3H3/t20?,23-/m1/s1. The van der Waals surface area contributed by atoms with Crippen LogP contribution in [0.1, 0.15) is 54.0 Å². The Morgan fingerprint density at radius 3 is 2.58 bits per heavy atom. The maximum Gasteiger partial charge on any atom is 0.259 e. The van der Waals surface area contributed by atoms with Gasteiger partial charge in [-0.25, -0.2) is 4.98 Å². The number of carbonyl (C=O) groups is 1. The van der Waals surface area contributed by atoms with Crippen LogP contribution >= 0.6 is 0 Å². The molecule has 0 saturated carbocycles. The fourth-order valence-corrected chi connectivity index (χ4v) is 5.54. The zero-order valence-electron chi connectivity index (χ0n) is 21.7. The van der Waals surface area contributed by atoms with Crippen molar-refractivity contribution in [2.75, 3.05) is 52.5 Å². The molecule has 8 heteroatoms. The fourth-order valence-electron chi connectivity index (χ4n) is 5.54. The van der Waals surface area contributed by atoms with Crippen molar-refractivity contribution < 1.29 is 19.4 Å². The fraction of sp³-hybridized carbons (Fsp3) is 0.571. The van der Waals surface area contributed by atoms with E-state index < -0.39 is 11.7 Å². The first kappa shape index (κ1) is 25.1. The van der Waals surface area contributed by atoms with E-state index in [-0.39, 0.29) is 18.5 Å². The molecule has 1 unspecified atom stereocenters. The molecule has 1 saturated heterocycles. The number of rotatable bonds is 6. The molecular weight excluding hydrogens is 456 g/mol. The molecule has 1 aromatic carbocycles. The summed E-state index contributed by atoms with van der Waals surface area (Å²) in [5.41, 5.74) is 3.42. The lowest BCUT2D eigenvalue weighted by molar-refractivity contribution is 0.0184. The number of carbonyl (C=O) groups excluding carboxylic acids is 1. The molecule has 0 spiro atoms. The molecule has 36 heavy (non-hydrogen) atoms. The molecule has 4 heterocycles. The third-order valence-corrected chi connectivity index (χ3v) is 7.48. The van der Waals surface area contributed by atoms with Crippen molar-refractivity contribution >= 4 is 5.91 Å². The molecule has 0 bridgehead atoms. The Kier molecular flexibility index (Phi) is 7.30. The summed E-state index contributed by atoms with van der Waals surface area (Å²) in [4.78, 5) is 24.7. The lowest BCUT2D eigenvalue weighted by Crippen LogP contribution is -2.48. The number of aromatic nitrogens is 1. The number of morpholine rings is 1. The molecule has 0 radical (unpaired) electrons. The average molecular weight is 495 g/mol. The van der Waals surface area contributed by atoms with E-state index in [1.807, 2.05) is 26.0 Å². The lowest BCUT2D eigenvalue weighted by atomic mass is 9.99. The van der Waals surface area contributed by atoms with Crippen molar-refractivity contribution in [3.8, 4) is 5.88 Å². The highest BCUT2D eigenvalue weighted by Gasteiger charge is 2.36. The highest BCUT2D eigenvalue weighted by atomic mass is 16.5. The van der Waals surface area contributed by atoms with Crippen LogP contribution in [0.5, 0.6) is 5.88 Å². The number of ether oxygens (including phenoxy) is 2. The lowest BCUT2D eigenvalue weighted by Gasteiger charge is -2.33. The molecule has 3 aliphatic rings. The van der Waals surface area contributed by atoms with Gasteiger partial charge in [-0.05, 0) is 50.5 Å². The zero-order valence-corrected chi connectivity index (χ0v) is 21.7. The van der Waals surface area contributed by atoms with Crippen molar-refractivity contribution in [2.45, 2.75) is 51.5 Å². The molecule has 1 aromatic heterocycles. The van der Waals surface area contributed by atoms with Crippen molar-refractivity contribution in [1.29, 1.82) is 0 Å². The summed E-state index contributed by atoms with van der Waals surface area (Å²) in [6.07, 6.45) is 0.335. The number of hydrogen-bond donors (Lipinski definition) is 1. The van der Waals surface area contributed by atoms with Crippen molar-refractivity contribution in [3.05, 3.63) is 58.8 Å². The second kappa shape index (κ2) is 10.5. The van der Waals surface area contributed by atoms with Gasteiger partial charge in [-0.15, -0.1) is 0 Å². The molecule has 1 fully saturated rings. The number of hydrogen-bond acceptors (Lipinski definition) is 7. The van der Waals surface area contributed by atoms with Gasteiger partial charge in [-0.2, -0.15) is 0 Å². The summed E-state index contributed by atoms with van der Waals surface area (Å²) in [5, 5.41) is 11.0. The van der Waals surface area contributed by atoms with Gasteiger partial charge < -0.3 is 19.5 Å². The van der Waals surface area contributed by atoms with Crippen LogP contribution in [0.4, 0.5) is 0 Å². The number of nitrogens with zero attached hydrogens (tertiary/aromatic N) is 4. The largest absolute Gasteiger partial charge is 0.469 e. The first-order valence-electron chi connectivity index (χ1n) is 13.1. The van der Waals surface area contributed by atoms with Crippen LogP contribution in [0, 0.1) is 0 Å². The number of amides is 1. The third-order valence-electron chi connectivity index (χ3n) is 7.48. The SMILES string of the molecule is CC(c1ccc2c(n1)OC(C)(C)CN(C[C@H](O)CN1CCc3ccccc3C1)C2=O)N1CCOCC1. The Hall–Kier alpha value is -2.52. The summed E-state index contributed by atoms with van der Waals surface area (Å²) in [6.45, 7) is 12.1. The Labute approximate surface area is 213 Å². The van der Waals surface area contributed by atoms with E-state index in [0.29, 0.717) is 24.5 Å². The van der Waals surface area contributed by atoms with Crippen LogP contribution < -0.4 is 4.74 Å².